The third-order valence-corrected chi connectivity index (χ3v) is 2.58. The normalized spacial score (nSPS) is 11.8. The van der Waals surface area contributed by atoms with E-state index in [2.05, 4.69) is 15.9 Å². The Morgan fingerprint density at radius 2 is 2.00 bits per heavy atom. The molecule has 1 aromatic carbocycles. The molecule has 0 saturated heterocycles. The second kappa shape index (κ2) is 3.36. The molecular formula is C9H11BrClN. The van der Waals surface area contributed by atoms with Gasteiger partial charge in [0, 0.05) is 20.6 Å². The summed E-state index contributed by atoms with van der Waals surface area (Å²) in [7, 11) is 0. The largest absolute Gasteiger partial charge is 0.322 e. The summed E-state index contributed by atoms with van der Waals surface area (Å²) in [5.74, 6) is 0. The molecule has 0 bridgehead atoms. The van der Waals surface area contributed by atoms with E-state index in [1.165, 1.54) is 0 Å². The molecule has 0 amide bonds. The van der Waals surface area contributed by atoms with Crippen molar-refractivity contribution in [3.63, 3.8) is 0 Å². The van der Waals surface area contributed by atoms with Gasteiger partial charge in [0.1, 0.15) is 0 Å². The van der Waals surface area contributed by atoms with Crippen LogP contribution in [0.1, 0.15) is 19.4 Å². The maximum atomic E-state index is 6.00. The van der Waals surface area contributed by atoms with E-state index in [9.17, 15) is 0 Å². The molecule has 2 N–H and O–H groups in total. The van der Waals surface area contributed by atoms with Crippen molar-refractivity contribution in [3.05, 3.63) is 33.3 Å². The highest BCUT2D eigenvalue weighted by Gasteiger charge is 2.20. The number of halogens is 2. The molecule has 1 rings (SSSR count). The van der Waals surface area contributed by atoms with E-state index in [1.807, 2.05) is 32.0 Å². The van der Waals surface area contributed by atoms with Crippen LogP contribution in [-0.4, -0.2) is 0 Å². The Morgan fingerprint density at radius 1 is 1.42 bits per heavy atom. The van der Waals surface area contributed by atoms with Gasteiger partial charge in [0.25, 0.3) is 0 Å². The zero-order valence-electron chi connectivity index (χ0n) is 7.07. The Labute approximate surface area is 86.0 Å². The minimum Gasteiger partial charge on any atom is -0.322 e. The minimum atomic E-state index is -0.406. The molecule has 0 fully saturated rings. The van der Waals surface area contributed by atoms with Crippen LogP contribution in [0.25, 0.3) is 0 Å². The van der Waals surface area contributed by atoms with Crippen molar-refractivity contribution in [1.82, 2.24) is 0 Å². The average Bonchev–Trinajstić information content (AvgIpc) is 1.82. The molecule has 1 aromatic rings. The second-order valence-electron chi connectivity index (χ2n) is 3.32. The smallest absolute Gasteiger partial charge is 0.0467 e. The highest BCUT2D eigenvalue weighted by atomic mass is 79.9. The van der Waals surface area contributed by atoms with Gasteiger partial charge in [-0.2, -0.15) is 0 Å². The fourth-order valence-electron chi connectivity index (χ4n) is 1.11. The molecule has 0 aliphatic heterocycles. The number of nitrogens with two attached hydrogens (primary N) is 1. The summed E-state index contributed by atoms with van der Waals surface area (Å²) in [4.78, 5) is 0. The molecular weight excluding hydrogens is 237 g/mol. The van der Waals surface area contributed by atoms with Crippen LogP contribution < -0.4 is 5.73 Å². The standard InChI is InChI=1S/C9H11BrClN/c1-9(2,12)8-6(10)4-3-5-7(8)11/h3-5H,12H2,1-2H3. The molecule has 0 spiro atoms. The molecule has 0 aliphatic carbocycles. The molecule has 1 nitrogen and oxygen atoms in total. The lowest BCUT2D eigenvalue weighted by Gasteiger charge is -2.22. The predicted molar refractivity (Wildman–Crippen MR) is 56.4 cm³/mol. The Balaban J connectivity index is 3.31. The zero-order chi connectivity index (χ0) is 9.35. The van der Waals surface area contributed by atoms with Crippen molar-refractivity contribution >= 4 is 27.5 Å². The van der Waals surface area contributed by atoms with E-state index in [4.69, 9.17) is 17.3 Å². The summed E-state index contributed by atoms with van der Waals surface area (Å²) >= 11 is 9.42. The Bertz CT molecular complexity index is 271. The van der Waals surface area contributed by atoms with Crippen LogP contribution in [0.2, 0.25) is 5.02 Å². The van der Waals surface area contributed by atoms with Crippen molar-refractivity contribution < 1.29 is 0 Å². The Morgan fingerprint density at radius 3 is 2.33 bits per heavy atom. The highest BCUT2D eigenvalue weighted by molar-refractivity contribution is 9.10. The van der Waals surface area contributed by atoms with Gasteiger partial charge >= 0.3 is 0 Å². The van der Waals surface area contributed by atoms with E-state index in [0.717, 1.165) is 10.0 Å². The van der Waals surface area contributed by atoms with Gasteiger partial charge in [-0.1, -0.05) is 33.6 Å². The van der Waals surface area contributed by atoms with Gasteiger partial charge in [-0.15, -0.1) is 0 Å². The van der Waals surface area contributed by atoms with Crippen LogP contribution in [0.15, 0.2) is 22.7 Å². The van der Waals surface area contributed by atoms with E-state index >= 15 is 0 Å². The molecule has 0 heterocycles. The molecule has 0 unspecified atom stereocenters. The van der Waals surface area contributed by atoms with Crippen molar-refractivity contribution in [2.24, 2.45) is 5.73 Å². The highest BCUT2D eigenvalue weighted by Crippen LogP contribution is 2.32. The Hall–Kier alpha value is -0.0500. The van der Waals surface area contributed by atoms with Gasteiger partial charge < -0.3 is 5.73 Å². The molecule has 66 valence electrons. The van der Waals surface area contributed by atoms with Crippen LogP contribution in [-0.2, 0) is 5.54 Å². The first-order valence-electron chi connectivity index (χ1n) is 3.66. The monoisotopic (exact) mass is 247 g/mol. The van der Waals surface area contributed by atoms with E-state index in [1.54, 1.807) is 0 Å². The van der Waals surface area contributed by atoms with Gasteiger partial charge in [-0.3, -0.25) is 0 Å². The maximum absolute atomic E-state index is 6.00. The first-order valence-corrected chi connectivity index (χ1v) is 4.83. The lowest BCUT2D eigenvalue weighted by atomic mass is 9.96. The van der Waals surface area contributed by atoms with Crippen molar-refractivity contribution in [2.45, 2.75) is 19.4 Å². The summed E-state index contributed by atoms with van der Waals surface area (Å²) in [6.07, 6.45) is 0. The van der Waals surface area contributed by atoms with Gasteiger partial charge in [-0.25, -0.2) is 0 Å². The van der Waals surface area contributed by atoms with Crippen LogP contribution in [0.4, 0.5) is 0 Å². The summed E-state index contributed by atoms with van der Waals surface area (Å²) in [5.41, 5.74) is 6.49. The van der Waals surface area contributed by atoms with Gasteiger partial charge in [0.2, 0.25) is 0 Å². The summed E-state index contributed by atoms with van der Waals surface area (Å²) in [6.45, 7) is 3.86. The first kappa shape index (κ1) is 10.0. The lowest BCUT2D eigenvalue weighted by molar-refractivity contribution is 0.552. The number of hydrogen-bond acceptors (Lipinski definition) is 1. The predicted octanol–water partition coefficient (Wildman–Crippen LogP) is 3.30. The van der Waals surface area contributed by atoms with E-state index < -0.39 is 5.54 Å². The van der Waals surface area contributed by atoms with Crippen LogP contribution in [0, 0.1) is 0 Å². The van der Waals surface area contributed by atoms with Crippen LogP contribution in [0.3, 0.4) is 0 Å². The van der Waals surface area contributed by atoms with Crippen molar-refractivity contribution in [1.29, 1.82) is 0 Å². The van der Waals surface area contributed by atoms with Crippen LogP contribution >= 0.6 is 27.5 Å². The number of hydrogen-bond donors (Lipinski definition) is 1. The minimum absolute atomic E-state index is 0.406. The lowest BCUT2D eigenvalue weighted by Crippen LogP contribution is -2.29. The number of benzene rings is 1. The molecule has 0 atom stereocenters. The molecule has 0 aliphatic rings. The molecule has 3 heteroatoms. The fourth-order valence-corrected chi connectivity index (χ4v) is 2.52. The van der Waals surface area contributed by atoms with Gasteiger partial charge in [-0.05, 0) is 26.0 Å². The fraction of sp³-hybridized carbons (Fsp3) is 0.333. The van der Waals surface area contributed by atoms with Crippen molar-refractivity contribution in [3.8, 4) is 0 Å². The quantitative estimate of drug-likeness (QED) is 0.811. The van der Waals surface area contributed by atoms with Gasteiger partial charge in [0.05, 0.1) is 0 Å². The maximum Gasteiger partial charge on any atom is 0.0467 e. The topological polar surface area (TPSA) is 26.0 Å². The molecule has 0 saturated carbocycles. The SMILES string of the molecule is CC(C)(N)c1c(Cl)cccc1Br. The number of rotatable bonds is 1. The zero-order valence-corrected chi connectivity index (χ0v) is 9.41. The third kappa shape index (κ3) is 2.00. The molecule has 0 radical (unpaired) electrons. The summed E-state index contributed by atoms with van der Waals surface area (Å²) < 4.78 is 0.961. The summed E-state index contributed by atoms with van der Waals surface area (Å²) in [5, 5.41) is 0.705. The second-order valence-corrected chi connectivity index (χ2v) is 4.58. The van der Waals surface area contributed by atoms with E-state index in [0.29, 0.717) is 5.02 Å². The van der Waals surface area contributed by atoms with Gasteiger partial charge in [0.15, 0.2) is 0 Å². The Kier molecular flexibility index (Phi) is 2.81. The molecule has 12 heavy (non-hydrogen) atoms. The van der Waals surface area contributed by atoms with Crippen molar-refractivity contribution in [2.75, 3.05) is 0 Å². The van der Waals surface area contributed by atoms with E-state index in [-0.39, 0.29) is 0 Å². The van der Waals surface area contributed by atoms with Crippen LogP contribution in [0.5, 0.6) is 0 Å². The first-order chi connectivity index (χ1) is 5.43. The molecule has 0 aromatic heterocycles. The average molecular weight is 249 g/mol. The summed E-state index contributed by atoms with van der Waals surface area (Å²) in [6, 6.07) is 5.67. The third-order valence-electron chi connectivity index (χ3n) is 1.61.